The molecule has 0 fully saturated rings. The Labute approximate surface area is 167 Å². The van der Waals surface area contributed by atoms with Gasteiger partial charge in [-0.25, -0.2) is 9.67 Å². The Kier molecular flexibility index (Phi) is 5.20. The molecule has 146 valence electrons. The van der Waals surface area contributed by atoms with Gasteiger partial charge in [-0.2, -0.15) is 5.10 Å². The summed E-state index contributed by atoms with van der Waals surface area (Å²) in [6.07, 6.45) is 3.64. The number of amides is 1. The van der Waals surface area contributed by atoms with Crippen molar-refractivity contribution in [2.24, 2.45) is 0 Å². The standard InChI is InChI=1S/C22H21N5O2/c1-16-7-5-6-10-19(16)27-21-18(13-25-27)22(29)26(15-24-21)14-20(28)23-12-11-17-8-3-2-4-9-17/h2-10,13,15H,11-12,14H2,1H3,(H,23,28). The highest BCUT2D eigenvalue weighted by Crippen LogP contribution is 2.16. The van der Waals surface area contributed by atoms with Crippen molar-refractivity contribution >= 4 is 16.9 Å². The Morgan fingerprint density at radius 1 is 1.07 bits per heavy atom. The van der Waals surface area contributed by atoms with Crippen LogP contribution in [-0.4, -0.2) is 31.8 Å². The summed E-state index contributed by atoms with van der Waals surface area (Å²) < 4.78 is 2.96. The normalized spacial score (nSPS) is 10.9. The van der Waals surface area contributed by atoms with Gasteiger partial charge in [-0.1, -0.05) is 48.5 Å². The van der Waals surface area contributed by atoms with Crippen LogP contribution in [0.2, 0.25) is 0 Å². The molecule has 0 unspecified atom stereocenters. The van der Waals surface area contributed by atoms with E-state index in [1.54, 1.807) is 4.68 Å². The summed E-state index contributed by atoms with van der Waals surface area (Å²) in [6.45, 7) is 2.41. The molecule has 0 spiro atoms. The summed E-state index contributed by atoms with van der Waals surface area (Å²) in [5, 5.41) is 7.56. The first-order valence-corrected chi connectivity index (χ1v) is 9.43. The Hall–Kier alpha value is -3.74. The number of aryl methyl sites for hydroxylation is 1. The number of nitrogens with one attached hydrogen (secondary N) is 1. The number of carbonyl (C=O) groups excluding carboxylic acids is 1. The fraction of sp³-hybridized carbons (Fsp3) is 0.182. The minimum absolute atomic E-state index is 0.0773. The number of carbonyl (C=O) groups is 1. The largest absolute Gasteiger partial charge is 0.354 e. The van der Waals surface area contributed by atoms with Crippen LogP contribution in [0.25, 0.3) is 16.7 Å². The van der Waals surface area contributed by atoms with Crippen LogP contribution >= 0.6 is 0 Å². The van der Waals surface area contributed by atoms with E-state index in [4.69, 9.17) is 0 Å². The molecule has 4 aromatic rings. The number of rotatable bonds is 6. The third kappa shape index (κ3) is 3.94. The fourth-order valence-electron chi connectivity index (χ4n) is 3.24. The quantitative estimate of drug-likeness (QED) is 0.550. The second-order valence-electron chi connectivity index (χ2n) is 6.84. The second-order valence-corrected chi connectivity index (χ2v) is 6.84. The molecular weight excluding hydrogens is 366 g/mol. The molecule has 0 aliphatic rings. The lowest BCUT2D eigenvalue weighted by Gasteiger charge is -2.08. The monoisotopic (exact) mass is 387 g/mol. The van der Waals surface area contributed by atoms with E-state index in [2.05, 4.69) is 15.4 Å². The third-order valence-corrected chi connectivity index (χ3v) is 4.79. The molecule has 7 nitrogen and oxygen atoms in total. The van der Waals surface area contributed by atoms with Crippen molar-refractivity contribution in [2.45, 2.75) is 19.9 Å². The Morgan fingerprint density at radius 2 is 1.83 bits per heavy atom. The summed E-state index contributed by atoms with van der Waals surface area (Å²) in [6, 6.07) is 17.7. The Balaban J connectivity index is 1.49. The predicted octanol–water partition coefficient (Wildman–Crippen LogP) is 2.25. The van der Waals surface area contributed by atoms with Gasteiger partial charge in [-0.3, -0.25) is 14.2 Å². The second kappa shape index (κ2) is 8.10. The minimum atomic E-state index is -0.284. The summed E-state index contributed by atoms with van der Waals surface area (Å²) in [5.74, 6) is -0.226. The van der Waals surface area contributed by atoms with Crippen LogP contribution in [0, 0.1) is 6.92 Å². The molecular formula is C22H21N5O2. The highest BCUT2D eigenvalue weighted by Gasteiger charge is 2.14. The van der Waals surface area contributed by atoms with Crippen LogP contribution in [-0.2, 0) is 17.8 Å². The van der Waals surface area contributed by atoms with E-state index < -0.39 is 0 Å². The van der Waals surface area contributed by atoms with Crippen molar-refractivity contribution < 1.29 is 4.79 Å². The number of hydrogen-bond donors (Lipinski definition) is 1. The van der Waals surface area contributed by atoms with Crippen LogP contribution < -0.4 is 10.9 Å². The van der Waals surface area contributed by atoms with Crippen molar-refractivity contribution in [3.05, 3.63) is 88.6 Å². The summed E-state index contributed by atoms with van der Waals surface area (Å²) in [5.41, 5.74) is 3.24. The van der Waals surface area contributed by atoms with Gasteiger partial charge < -0.3 is 5.32 Å². The summed E-state index contributed by atoms with van der Waals surface area (Å²) in [4.78, 5) is 29.4. The van der Waals surface area contributed by atoms with Crippen molar-refractivity contribution in [2.75, 3.05) is 6.54 Å². The first-order chi connectivity index (χ1) is 14.1. The maximum atomic E-state index is 12.8. The first kappa shape index (κ1) is 18.6. The van der Waals surface area contributed by atoms with Crippen LogP contribution in [0.3, 0.4) is 0 Å². The lowest BCUT2D eigenvalue weighted by Crippen LogP contribution is -2.33. The lowest BCUT2D eigenvalue weighted by atomic mass is 10.1. The molecule has 2 aromatic carbocycles. The van der Waals surface area contributed by atoms with Gasteiger partial charge in [0.2, 0.25) is 5.91 Å². The molecule has 0 saturated heterocycles. The smallest absolute Gasteiger partial charge is 0.264 e. The molecule has 1 amide bonds. The minimum Gasteiger partial charge on any atom is -0.354 e. The maximum Gasteiger partial charge on any atom is 0.264 e. The molecule has 0 atom stereocenters. The highest BCUT2D eigenvalue weighted by atomic mass is 16.2. The molecule has 2 aromatic heterocycles. The fourth-order valence-corrected chi connectivity index (χ4v) is 3.24. The number of nitrogens with zero attached hydrogens (tertiary/aromatic N) is 4. The summed E-state index contributed by atoms with van der Waals surface area (Å²) in [7, 11) is 0. The molecule has 2 heterocycles. The Bertz CT molecular complexity index is 1210. The van der Waals surface area contributed by atoms with Gasteiger partial charge in [0.05, 0.1) is 11.9 Å². The predicted molar refractivity (Wildman–Crippen MR) is 111 cm³/mol. The van der Waals surface area contributed by atoms with Crippen molar-refractivity contribution in [3.63, 3.8) is 0 Å². The van der Waals surface area contributed by atoms with Crippen LogP contribution in [0.5, 0.6) is 0 Å². The third-order valence-electron chi connectivity index (χ3n) is 4.79. The zero-order valence-corrected chi connectivity index (χ0v) is 16.1. The van der Waals surface area contributed by atoms with Crippen LogP contribution in [0.15, 0.2) is 71.9 Å². The van der Waals surface area contributed by atoms with E-state index >= 15 is 0 Å². The molecule has 4 rings (SSSR count). The molecule has 0 radical (unpaired) electrons. The van der Waals surface area contributed by atoms with Crippen LogP contribution in [0.4, 0.5) is 0 Å². The van der Waals surface area contributed by atoms with E-state index in [1.165, 1.54) is 17.1 Å². The lowest BCUT2D eigenvalue weighted by molar-refractivity contribution is -0.121. The van der Waals surface area contributed by atoms with E-state index in [0.717, 1.165) is 23.2 Å². The maximum absolute atomic E-state index is 12.8. The molecule has 0 bridgehead atoms. The zero-order chi connectivity index (χ0) is 20.2. The van der Waals surface area contributed by atoms with Gasteiger partial charge >= 0.3 is 0 Å². The van der Waals surface area contributed by atoms with Crippen molar-refractivity contribution in [1.82, 2.24) is 24.6 Å². The number of para-hydroxylation sites is 1. The first-order valence-electron chi connectivity index (χ1n) is 9.43. The molecule has 29 heavy (non-hydrogen) atoms. The molecule has 0 aliphatic carbocycles. The van der Waals surface area contributed by atoms with E-state index in [9.17, 15) is 9.59 Å². The molecule has 1 N–H and O–H groups in total. The topological polar surface area (TPSA) is 81.8 Å². The zero-order valence-electron chi connectivity index (χ0n) is 16.1. The van der Waals surface area contributed by atoms with Gasteiger partial charge in [0.15, 0.2) is 5.65 Å². The van der Waals surface area contributed by atoms with Gasteiger partial charge in [0.25, 0.3) is 5.56 Å². The molecule has 0 aliphatic heterocycles. The van der Waals surface area contributed by atoms with E-state index in [-0.39, 0.29) is 18.0 Å². The van der Waals surface area contributed by atoms with Gasteiger partial charge in [-0.05, 0) is 30.5 Å². The van der Waals surface area contributed by atoms with Gasteiger partial charge in [0.1, 0.15) is 18.3 Å². The van der Waals surface area contributed by atoms with E-state index in [0.29, 0.717) is 17.6 Å². The highest BCUT2D eigenvalue weighted by molar-refractivity contribution is 5.78. The summed E-state index contributed by atoms with van der Waals surface area (Å²) >= 11 is 0. The SMILES string of the molecule is Cc1ccccc1-n1ncc2c(=O)n(CC(=O)NCCc3ccccc3)cnc21. The average molecular weight is 387 g/mol. The number of aromatic nitrogens is 4. The Morgan fingerprint density at radius 3 is 2.62 bits per heavy atom. The average Bonchev–Trinajstić information content (AvgIpc) is 3.16. The molecule has 0 saturated carbocycles. The van der Waals surface area contributed by atoms with Crippen molar-refractivity contribution in [1.29, 1.82) is 0 Å². The number of fused-ring (bicyclic) bond motifs is 1. The van der Waals surface area contributed by atoms with E-state index in [1.807, 2.05) is 61.5 Å². The number of hydrogen-bond acceptors (Lipinski definition) is 4. The van der Waals surface area contributed by atoms with Gasteiger partial charge in [-0.15, -0.1) is 0 Å². The van der Waals surface area contributed by atoms with Gasteiger partial charge in [0, 0.05) is 6.54 Å². The number of benzene rings is 2. The molecule has 7 heteroatoms. The van der Waals surface area contributed by atoms with Crippen molar-refractivity contribution in [3.8, 4) is 5.69 Å². The van der Waals surface area contributed by atoms with Crippen LogP contribution in [0.1, 0.15) is 11.1 Å².